The summed E-state index contributed by atoms with van der Waals surface area (Å²) in [6.07, 6.45) is 1.64. The highest BCUT2D eigenvalue weighted by atomic mass is 35.5. The number of halogens is 2. The fraction of sp³-hybridized carbons (Fsp3) is 0.357. The Bertz CT molecular complexity index is 576. The smallest absolute Gasteiger partial charge is 0.140 e. The lowest BCUT2D eigenvalue weighted by Crippen LogP contribution is -2.21. The maximum absolute atomic E-state index is 13.3. The number of aliphatic hydroxyl groups excluding tert-OH is 1. The maximum Gasteiger partial charge on any atom is 0.140 e. The number of alkyl halides is 1. The summed E-state index contributed by atoms with van der Waals surface area (Å²) in [5.41, 5.74) is 1.91. The van der Waals surface area contributed by atoms with E-state index >= 15 is 0 Å². The van der Waals surface area contributed by atoms with E-state index in [-0.39, 0.29) is 6.54 Å². The summed E-state index contributed by atoms with van der Waals surface area (Å²) in [6.45, 7) is 1.23. The molecule has 3 rings (SSSR count). The minimum atomic E-state index is -1.15. The van der Waals surface area contributed by atoms with E-state index in [2.05, 4.69) is 5.10 Å². The van der Waals surface area contributed by atoms with E-state index in [1.165, 1.54) is 0 Å². The van der Waals surface area contributed by atoms with Crippen molar-refractivity contribution in [2.45, 2.75) is 18.8 Å². The molecule has 20 heavy (non-hydrogen) atoms. The molecule has 0 aliphatic carbocycles. The molecule has 4 nitrogen and oxygen atoms in total. The predicted octanol–water partition coefficient (Wildman–Crippen LogP) is 2.04. The number of likely N-dealkylation sites (tertiary alicyclic amines) is 1. The molecule has 0 radical (unpaired) electrons. The van der Waals surface area contributed by atoms with Gasteiger partial charge in [0.25, 0.3) is 0 Å². The van der Waals surface area contributed by atoms with E-state index in [9.17, 15) is 9.50 Å². The molecule has 2 heterocycles. The molecule has 1 fully saturated rings. The second kappa shape index (κ2) is 5.52. The number of β-amino-alcohol motifs (C(OH)–C–C–N with tert-alkyl or cyclic N) is 1. The highest BCUT2D eigenvalue weighted by Crippen LogP contribution is 2.17. The zero-order valence-corrected chi connectivity index (χ0v) is 11.5. The molecule has 0 bridgehead atoms. The molecule has 1 N–H and O–H groups in total. The van der Waals surface area contributed by atoms with Crippen LogP contribution in [0.3, 0.4) is 0 Å². The Morgan fingerprint density at radius 2 is 2.05 bits per heavy atom. The number of hydrogen-bond acceptors (Lipinski definition) is 3. The number of rotatable bonds is 3. The Hall–Kier alpha value is -1.43. The van der Waals surface area contributed by atoms with Gasteiger partial charge in [-0.3, -0.25) is 4.90 Å². The van der Waals surface area contributed by atoms with Crippen LogP contribution in [0.1, 0.15) is 5.56 Å². The zero-order chi connectivity index (χ0) is 14.1. The van der Waals surface area contributed by atoms with Gasteiger partial charge >= 0.3 is 0 Å². The summed E-state index contributed by atoms with van der Waals surface area (Å²) in [5, 5.41) is 14.4. The van der Waals surface area contributed by atoms with Crippen molar-refractivity contribution in [1.29, 1.82) is 0 Å². The number of aliphatic hydroxyl groups is 1. The Morgan fingerprint density at radius 1 is 1.30 bits per heavy atom. The van der Waals surface area contributed by atoms with Crippen LogP contribution in [0.5, 0.6) is 0 Å². The summed E-state index contributed by atoms with van der Waals surface area (Å²) in [7, 11) is 0. The van der Waals surface area contributed by atoms with Crippen LogP contribution in [-0.2, 0) is 6.54 Å². The lowest BCUT2D eigenvalue weighted by Gasteiger charge is -2.12. The van der Waals surface area contributed by atoms with Gasteiger partial charge in [-0.25, -0.2) is 9.07 Å². The second-order valence-electron chi connectivity index (χ2n) is 5.05. The van der Waals surface area contributed by atoms with E-state index in [0.717, 1.165) is 11.3 Å². The van der Waals surface area contributed by atoms with E-state index in [0.29, 0.717) is 18.1 Å². The SMILES string of the molecule is O[C@@H]1CN(Cc2cnn(-c3ccc(Cl)cc3)c2)C[C@H]1F. The highest BCUT2D eigenvalue weighted by molar-refractivity contribution is 6.30. The van der Waals surface area contributed by atoms with Gasteiger partial charge in [-0.2, -0.15) is 5.10 Å². The summed E-state index contributed by atoms with van der Waals surface area (Å²) in [6, 6.07) is 7.39. The summed E-state index contributed by atoms with van der Waals surface area (Å²) < 4.78 is 15.0. The first-order chi connectivity index (χ1) is 9.61. The molecular formula is C14H15ClFN3O. The minimum absolute atomic E-state index is 0.271. The molecule has 2 aromatic rings. The van der Waals surface area contributed by atoms with Crippen LogP contribution in [0, 0.1) is 0 Å². The third kappa shape index (κ3) is 2.85. The molecule has 1 saturated heterocycles. The lowest BCUT2D eigenvalue weighted by atomic mass is 10.3. The van der Waals surface area contributed by atoms with Crippen LogP contribution < -0.4 is 0 Å². The number of aromatic nitrogens is 2. The summed E-state index contributed by atoms with van der Waals surface area (Å²) in [5.74, 6) is 0. The third-order valence-corrected chi connectivity index (χ3v) is 3.68. The van der Waals surface area contributed by atoms with Gasteiger partial charge in [-0.05, 0) is 24.3 Å². The molecule has 1 aromatic heterocycles. The topological polar surface area (TPSA) is 41.3 Å². The molecular weight excluding hydrogens is 281 g/mol. The maximum atomic E-state index is 13.3. The average Bonchev–Trinajstić information content (AvgIpc) is 2.99. The molecule has 1 aromatic carbocycles. The Kier molecular flexibility index (Phi) is 3.74. The average molecular weight is 296 g/mol. The van der Waals surface area contributed by atoms with E-state index in [4.69, 9.17) is 11.6 Å². The van der Waals surface area contributed by atoms with Crippen LogP contribution in [0.4, 0.5) is 4.39 Å². The zero-order valence-electron chi connectivity index (χ0n) is 10.8. The largest absolute Gasteiger partial charge is 0.389 e. The van der Waals surface area contributed by atoms with Crippen LogP contribution in [-0.4, -0.2) is 45.2 Å². The molecule has 106 valence electrons. The van der Waals surface area contributed by atoms with Crippen LogP contribution in [0.25, 0.3) is 5.69 Å². The predicted molar refractivity (Wildman–Crippen MR) is 74.8 cm³/mol. The number of benzene rings is 1. The van der Waals surface area contributed by atoms with Gasteiger partial charge in [0.2, 0.25) is 0 Å². The van der Waals surface area contributed by atoms with E-state index in [1.807, 2.05) is 35.4 Å². The molecule has 0 saturated carbocycles. The van der Waals surface area contributed by atoms with Crippen molar-refractivity contribution >= 4 is 11.6 Å². The van der Waals surface area contributed by atoms with Gasteiger partial charge in [0.05, 0.1) is 18.0 Å². The summed E-state index contributed by atoms with van der Waals surface area (Å²) in [4.78, 5) is 1.89. The van der Waals surface area contributed by atoms with Crippen LogP contribution in [0.2, 0.25) is 5.02 Å². The number of nitrogens with zero attached hydrogens (tertiary/aromatic N) is 3. The Balaban J connectivity index is 1.69. The number of hydrogen-bond donors (Lipinski definition) is 1. The second-order valence-corrected chi connectivity index (χ2v) is 5.48. The minimum Gasteiger partial charge on any atom is -0.389 e. The lowest BCUT2D eigenvalue weighted by molar-refractivity contribution is 0.115. The van der Waals surface area contributed by atoms with E-state index in [1.54, 1.807) is 10.9 Å². The van der Waals surface area contributed by atoms with E-state index < -0.39 is 12.3 Å². The fourth-order valence-corrected chi connectivity index (χ4v) is 2.51. The standard InChI is InChI=1S/C14H15ClFN3O/c15-11-1-3-12(4-2-11)19-7-10(5-17-19)6-18-8-13(16)14(20)9-18/h1-5,7,13-14,20H,6,8-9H2/t13-,14-/m1/s1. The van der Waals surface area contributed by atoms with Crippen molar-refractivity contribution in [2.75, 3.05) is 13.1 Å². The van der Waals surface area contributed by atoms with Crippen molar-refractivity contribution in [1.82, 2.24) is 14.7 Å². The molecule has 6 heteroatoms. The first kappa shape index (κ1) is 13.5. The highest BCUT2D eigenvalue weighted by Gasteiger charge is 2.31. The third-order valence-electron chi connectivity index (χ3n) is 3.43. The first-order valence-corrected chi connectivity index (χ1v) is 6.83. The monoisotopic (exact) mass is 295 g/mol. The fourth-order valence-electron chi connectivity index (χ4n) is 2.39. The van der Waals surface area contributed by atoms with Crippen molar-refractivity contribution in [2.24, 2.45) is 0 Å². The molecule has 2 atom stereocenters. The van der Waals surface area contributed by atoms with Gasteiger partial charge in [-0.15, -0.1) is 0 Å². The van der Waals surface area contributed by atoms with Gasteiger partial charge in [-0.1, -0.05) is 11.6 Å². The van der Waals surface area contributed by atoms with Gasteiger partial charge in [0.1, 0.15) is 6.17 Å². The van der Waals surface area contributed by atoms with Gasteiger partial charge in [0.15, 0.2) is 0 Å². The molecule has 1 aliphatic heterocycles. The quantitative estimate of drug-likeness (QED) is 0.942. The Morgan fingerprint density at radius 3 is 2.70 bits per heavy atom. The molecule has 0 unspecified atom stereocenters. The molecule has 0 amide bonds. The first-order valence-electron chi connectivity index (χ1n) is 6.46. The van der Waals surface area contributed by atoms with Gasteiger partial charge < -0.3 is 5.11 Å². The Labute approximate surface area is 121 Å². The summed E-state index contributed by atoms with van der Waals surface area (Å²) >= 11 is 5.85. The van der Waals surface area contributed by atoms with Gasteiger partial charge in [0, 0.05) is 36.4 Å². The van der Waals surface area contributed by atoms with Crippen molar-refractivity contribution in [3.8, 4) is 5.69 Å². The van der Waals surface area contributed by atoms with Crippen molar-refractivity contribution in [3.05, 3.63) is 47.2 Å². The van der Waals surface area contributed by atoms with Crippen molar-refractivity contribution in [3.63, 3.8) is 0 Å². The van der Waals surface area contributed by atoms with Crippen molar-refractivity contribution < 1.29 is 9.50 Å². The molecule has 0 spiro atoms. The normalized spacial score (nSPS) is 23.4. The van der Waals surface area contributed by atoms with Crippen LogP contribution >= 0.6 is 11.6 Å². The molecule has 1 aliphatic rings. The van der Waals surface area contributed by atoms with Crippen LogP contribution in [0.15, 0.2) is 36.7 Å².